The van der Waals surface area contributed by atoms with E-state index in [1.54, 1.807) is 24.3 Å². The van der Waals surface area contributed by atoms with Crippen LogP contribution in [0.5, 0.6) is 0 Å². The number of hydrogen-bond donors (Lipinski definition) is 3. The first-order chi connectivity index (χ1) is 11.1. The Morgan fingerprint density at radius 1 is 1.04 bits per heavy atom. The number of rotatable bonds is 7. The van der Waals surface area contributed by atoms with E-state index >= 15 is 0 Å². The Kier molecular flexibility index (Phi) is 5.97. The van der Waals surface area contributed by atoms with Crippen molar-refractivity contribution < 1.29 is 4.74 Å². The van der Waals surface area contributed by atoms with Crippen molar-refractivity contribution >= 4 is 22.8 Å². The highest BCUT2D eigenvalue weighted by molar-refractivity contribution is 6.22. The molecule has 1 aromatic carbocycles. The van der Waals surface area contributed by atoms with Crippen LogP contribution in [0.25, 0.3) is 0 Å². The standard InChI is InChI=1S/C18H24N4O/c1-2-3-4-5-10-23-18-12-17(15(20)11-16(18)21)22-14-8-6-13(19)7-9-14/h6-9,11-12,21H,2-5,10,19-20H2,1H3/b21-16?,22-17-. The molecule has 5 heteroatoms. The molecule has 0 aromatic heterocycles. The summed E-state index contributed by atoms with van der Waals surface area (Å²) in [6.45, 7) is 2.78. The van der Waals surface area contributed by atoms with E-state index in [2.05, 4.69) is 11.9 Å². The molecule has 0 atom stereocenters. The number of nitrogens with one attached hydrogen (secondary N) is 1. The molecule has 0 unspecified atom stereocenters. The van der Waals surface area contributed by atoms with Gasteiger partial charge in [-0.1, -0.05) is 26.2 Å². The zero-order valence-corrected chi connectivity index (χ0v) is 13.5. The summed E-state index contributed by atoms with van der Waals surface area (Å²) in [5.41, 5.74) is 14.4. The molecular weight excluding hydrogens is 288 g/mol. The molecule has 0 aliphatic heterocycles. The average molecular weight is 312 g/mol. The molecule has 1 aliphatic carbocycles. The van der Waals surface area contributed by atoms with Gasteiger partial charge in [-0.25, -0.2) is 4.99 Å². The number of hydrogen-bond acceptors (Lipinski definition) is 5. The fourth-order valence-corrected chi connectivity index (χ4v) is 2.20. The van der Waals surface area contributed by atoms with Gasteiger partial charge in [0.05, 0.1) is 29.4 Å². The molecular formula is C18H24N4O. The number of benzene rings is 1. The Labute approximate surface area is 137 Å². The monoisotopic (exact) mass is 312 g/mol. The highest BCUT2D eigenvalue weighted by Gasteiger charge is 2.15. The zero-order valence-electron chi connectivity index (χ0n) is 13.5. The Bertz CT molecular complexity index is 641. The molecule has 0 radical (unpaired) electrons. The number of nitrogen functional groups attached to an aromatic ring is 1. The lowest BCUT2D eigenvalue weighted by Gasteiger charge is -2.15. The molecule has 23 heavy (non-hydrogen) atoms. The second-order valence-corrected chi connectivity index (χ2v) is 5.52. The van der Waals surface area contributed by atoms with E-state index in [4.69, 9.17) is 21.6 Å². The zero-order chi connectivity index (χ0) is 16.7. The van der Waals surface area contributed by atoms with Gasteiger partial charge in [0, 0.05) is 11.8 Å². The van der Waals surface area contributed by atoms with Crippen LogP contribution in [0.2, 0.25) is 0 Å². The first-order valence-electron chi connectivity index (χ1n) is 7.95. The van der Waals surface area contributed by atoms with E-state index in [1.165, 1.54) is 12.8 Å². The molecule has 0 bridgehead atoms. The number of nitrogens with zero attached hydrogens (tertiary/aromatic N) is 1. The first kappa shape index (κ1) is 16.8. The van der Waals surface area contributed by atoms with Crippen molar-refractivity contribution in [2.24, 2.45) is 10.7 Å². The number of nitrogens with two attached hydrogens (primary N) is 2. The molecule has 1 aliphatic rings. The Morgan fingerprint density at radius 2 is 1.78 bits per heavy atom. The van der Waals surface area contributed by atoms with Crippen molar-refractivity contribution in [2.75, 3.05) is 12.3 Å². The highest BCUT2D eigenvalue weighted by Crippen LogP contribution is 2.19. The van der Waals surface area contributed by atoms with Gasteiger partial charge >= 0.3 is 0 Å². The van der Waals surface area contributed by atoms with Gasteiger partial charge in [0.25, 0.3) is 0 Å². The van der Waals surface area contributed by atoms with Crippen molar-refractivity contribution in [3.05, 3.63) is 47.9 Å². The molecule has 0 spiro atoms. The molecule has 0 fully saturated rings. The Morgan fingerprint density at radius 3 is 2.48 bits per heavy atom. The van der Waals surface area contributed by atoms with Crippen LogP contribution < -0.4 is 11.5 Å². The van der Waals surface area contributed by atoms with Crippen molar-refractivity contribution in [2.45, 2.75) is 32.6 Å². The summed E-state index contributed by atoms with van der Waals surface area (Å²) < 4.78 is 5.71. The normalized spacial score (nSPS) is 16.2. The van der Waals surface area contributed by atoms with Crippen LogP contribution in [0, 0.1) is 5.41 Å². The van der Waals surface area contributed by atoms with E-state index in [0.717, 1.165) is 18.5 Å². The summed E-state index contributed by atoms with van der Waals surface area (Å²) >= 11 is 0. The quantitative estimate of drug-likeness (QED) is 0.407. The van der Waals surface area contributed by atoms with E-state index in [0.29, 0.717) is 29.5 Å². The Hall–Kier alpha value is -2.56. The van der Waals surface area contributed by atoms with Crippen molar-refractivity contribution in [1.82, 2.24) is 0 Å². The minimum Gasteiger partial charge on any atom is -0.491 e. The van der Waals surface area contributed by atoms with Crippen LogP contribution >= 0.6 is 0 Å². The minimum absolute atomic E-state index is 0.286. The Balaban J connectivity index is 2.07. The van der Waals surface area contributed by atoms with Gasteiger partial charge in [-0.05, 0) is 36.8 Å². The van der Waals surface area contributed by atoms with Crippen molar-refractivity contribution in [1.29, 1.82) is 5.41 Å². The van der Waals surface area contributed by atoms with Crippen LogP contribution in [-0.2, 0) is 4.74 Å². The summed E-state index contributed by atoms with van der Waals surface area (Å²) in [5.74, 6) is 0.518. The van der Waals surface area contributed by atoms with Gasteiger partial charge in [0.2, 0.25) is 0 Å². The molecule has 1 aromatic rings. The predicted octanol–water partition coefficient (Wildman–Crippen LogP) is 3.70. The predicted molar refractivity (Wildman–Crippen MR) is 96.1 cm³/mol. The summed E-state index contributed by atoms with van der Waals surface area (Å²) in [6, 6.07) is 7.24. The first-order valence-corrected chi connectivity index (χ1v) is 7.95. The van der Waals surface area contributed by atoms with Crippen molar-refractivity contribution in [3.8, 4) is 0 Å². The van der Waals surface area contributed by atoms with Crippen LogP contribution in [0.3, 0.4) is 0 Å². The second-order valence-electron chi connectivity index (χ2n) is 5.52. The smallest absolute Gasteiger partial charge is 0.146 e. The van der Waals surface area contributed by atoms with Crippen LogP contribution in [0.15, 0.2) is 52.9 Å². The van der Waals surface area contributed by atoms with Gasteiger partial charge in [0.1, 0.15) is 5.76 Å². The van der Waals surface area contributed by atoms with Gasteiger partial charge in [0.15, 0.2) is 0 Å². The summed E-state index contributed by atoms with van der Waals surface area (Å²) in [5, 5.41) is 7.97. The molecule has 2 rings (SSSR count). The number of anilines is 1. The number of ether oxygens (including phenoxy) is 1. The number of aliphatic imine (C=N–C) groups is 1. The van der Waals surface area contributed by atoms with Gasteiger partial charge in [-0.2, -0.15) is 0 Å². The third-order valence-corrected chi connectivity index (χ3v) is 3.53. The molecule has 0 heterocycles. The van der Waals surface area contributed by atoms with Crippen molar-refractivity contribution in [3.63, 3.8) is 0 Å². The van der Waals surface area contributed by atoms with E-state index in [-0.39, 0.29) is 5.71 Å². The topological polar surface area (TPSA) is 97.5 Å². The van der Waals surface area contributed by atoms with E-state index < -0.39 is 0 Å². The third kappa shape index (κ3) is 4.98. The van der Waals surface area contributed by atoms with Gasteiger partial charge in [-0.3, -0.25) is 5.41 Å². The highest BCUT2D eigenvalue weighted by atomic mass is 16.5. The fourth-order valence-electron chi connectivity index (χ4n) is 2.20. The largest absolute Gasteiger partial charge is 0.491 e. The van der Waals surface area contributed by atoms with Crippen LogP contribution in [-0.4, -0.2) is 18.0 Å². The molecule has 0 amide bonds. The maximum absolute atomic E-state index is 7.97. The van der Waals surface area contributed by atoms with Crippen LogP contribution in [0.4, 0.5) is 11.4 Å². The molecule has 5 nitrogen and oxygen atoms in total. The lowest BCUT2D eigenvalue weighted by Crippen LogP contribution is -2.19. The lowest BCUT2D eigenvalue weighted by atomic mass is 10.1. The third-order valence-electron chi connectivity index (χ3n) is 3.53. The molecule has 0 saturated heterocycles. The summed E-state index contributed by atoms with van der Waals surface area (Å²) in [6.07, 6.45) is 7.83. The molecule has 122 valence electrons. The van der Waals surface area contributed by atoms with Gasteiger partial charge < -0.3 is 16.2 Å². The number of unbranched alkanes of at least 4 members (excludes halogenated alkanes) is 3. The van der Waals surface area contributed by atoms with Crippen LogP contribution in [0.1, 0.15) is 32.6 Å². The lowest BCUT2D eigenvalue weighted by molar-refractivity contribution is 0.223. The minimum atomic E-state index is 0.286. The average Bonchev–Trinajstić information content (AvgIpc) is 2.53. The fraction of sp³-hybridized carbons (Fsp3) is 0.333. The number of allylic oxidation sites excluding steroid dienone is 2. The van der Waals surface area contributed by atoms with E-state index in [1.807, 2.05) is 12.1 Å². The van der Waals surface area contributed by atoms with Gasteiger partial charge in [-0.15, -0.1) is 0 Å². The molecule has 5 N–H and O–H groups in total. The SMILES string of the molecule is CCCCCCOC1=C/C(=N/c2ccc(N)cc2)C(N)=CC1=N. The summed E-state index contributed by atoms with van der Waals surface area (Å²) in [4.78, 5) is 4.50. The second kappa shape index (κ2) is 8.17. The maximum atomic E-state index is 7.97. The van der Waals surface area contributed by atoms with E-state index in [9.17, 15) is 0 Å². The summed E-state index contributed by atoms with van der Waals surface area (Å²) in [7, 11) is 0. The maximum Gasteiger partial charge on any atom is 0.146 e. The molecule has 0 saturated carbocycles.